The third kappa shape index (κ3) is 4.61. The predicted molar refractivity (Wildman–Crippen MR) is 153 cm³/mol. The molecule has 3 aromatic rings. The van der Waals surface area contributed by atoms with E-state index < -0.39 is 0 Å². The van der Waals surface area contributed by atoms with Crippen molar-refractivity contribution in [3.63, 3.8) is 0 Å². The number of aryl methyl sites for hydroxylation is 1. The summed E-state index contributed by atoms with van der Waals surface area (Å²) >= 11 is 3.21. The summed E-state index contributed by atoms with van der Waals surface area (Å²) in [7, 11) is 0. The number of nitrogens with zero attached hydrogens (tertiary/aromatic N) is 2. The molecular formula is C30H34N2O2S2. The first-order valence-electron chi connectivity index (χ1n) is 13.2. The van der Waals surface area contributed by atoms with E-state index in [4.69, 9.17) is 0 Å². The fourth-order valence-corrected chi connectivity index (χ4v) is 7.86. The number of thiazole rings is 1. The third-order valence-corrected chi connectivity index (χ3v) is 9.67. The van der Waals surface area contributed by atoms with Gasteiger partial charge in [0, 0.05) is 35.5 Å². The fraction of sp³-hybridized carbons (Fsp3) is 0.400. The molecule has 2 heterocycles. The molecular weight excluding hydrogens is 484 g/mol. The second-order valence-corrected chi connectivity index (χ2v) is 11.8. The lowest BCUT2D eigenvalue weighted by Gasteiger charge is -2.20. The first kappa shape index (κ1) is 25.1. The number of hydrogen-bond acceptors (Lipinski definition) is 5. The summed E-state index contributed by atoms with van der Waals surface area (Å²) in [6.45, 7) is 7.82. The molecule has 0 unspecified atom stereocenters. The number of unbranched alkanes of at least 4 members (excludes halogenated alkanes) is 5. The number of rotatable bonds is 8. The molecule has 0 radical (unpaired) electrons. The number of aromatic nitrogens is 1. The number of ketones is 1. The number of fused-ring (bicyclic) bond motifs is 2. The number of anilines is 1. The molecule has 0 bridgehead atoms. The smallest absolute Gasteiger partial charge is 0.271 e. The van der Waals surface area contributed by atoms with E-state index in [1.54, 1.807) is 11.8 Å². The van der Waals surface area contributed by atoms with Crippen molar-refractivity contribution in [2.45, 2.75) is 77.2 Å². The summed E-state index contributed by atoms with van der Waals surface area (Å²) < 4.78 is 3.38. The molecule has 36 heavy (non-hydrogen) atoms. The number of hydrogen-bond donors (Lipinski definition) is 0. The monoisotopic (exact) mass is 518 g/mol. The Kier molecular flexibility index (Phi) is 7.54. The molecule has 0 amide bonds. The molecule has 4 nitrogen and oxygen atoms in total. The molecule has 0 fully saturated rings. The summed E-state index contributed by atoms with van der Waals surface area (Å²) in [6, 6.07) is 14.4. The van der Waals surface area contributed by atoms with Gasteiger partial charge in [-0.25, -0.2) is 0 Å². The SMILES string of the molecule is CCCCCCCCN1/C(=c2\s/c(=C3/Cc4ccccc4C3=O)n(CC)c2=O)Sc2cc(C)ccc21. The fourth-order valence-electron chi connectivity index (χ4n) is 5.19. The molecule has 2 aliphatic rings. The standard InChI is InChI=1S/C30H34N2O2S2/c1-4-6-7-8-9-12-17-32-24-16-15-20(3)18-25(24)35-30(32)27-28(34)31(5-2)29(36-27)23-19-21-13-10-11-14-22(21)26(23)33/h10-11,13-16,18H,4-9,12,17,19H2,1-3H3/b29-23-,30-27+. The van der Waals surface area contributed by atoms with Gasteiger partial charge in [-0.2, -0.15) is 0 Å². The molecule has 1 aliphatic heterocycles. The maximum atomic E-state index is 13.7. The Morgan fingerprint density at radius 2 is 1.72 bits per heavy atom. The van der Waals surface area contributed by atoms with Crippen LogP contribution in [0, 0.1) is 6.92 Å². The van der Waals surface area contributed by atoms with Gasteiger partial charge in [-0.1, -0.05) is 81.1 Å². The second-order valence-electron chi connectivity index (χ2n) is 9.73. The van der Waals surface area contributed by atoms with E-state index in [1.165, 1.54) is 59.6 Å². The highest BCUT2D eigenvalue weighted by atomic mass is 32.2. The zero-order valence-corrected chi connectivity index (χ0v) is 23.1. The maximum Gasteiger partial charge on any atom is 0.271 e. The van der Waals surface area contributed by atoms with Crippen molar-refractivity contribution < 1.29 is 4.79 Å². The Morgan fingerprint density at radius 3 is 2.50 bits per heavy atom. The van der Waals surface area contributed by atoms with Gasteiger partial charge in [0.15, 0.2) is 5.78 Å². The third-order valence-electron chi connectivity index (χ3n) is 7.15. The number of Topliss-reactive ketones (excluding diaryl/α,β-unsaturated/α-hetero) is 1. The summed E-state index contributed by atoms with van der Waals surface area (Å²) in [5.74, 6) is 0.0625. The summed E-state index contributed by atoms with van der Waals surface area (Å²) in [5.41, 5.74) is 5.03. The summed E-state index contributed by atoms with van der Waals surface area (Å²) in [4.78, 5) is 30.6. The van der Waals surface area contributed by atoms with Crippen molar-refractivity contribution in [1.29, 1.82) is 0 Å². The lowest BCUT2D eigenvalue weighted by Crippen LogP contribution is -2.35. The average Bonchev–Trinajstić information content (AvgIpc) is 3.51. The van der Waals surface area contributed by atoms with Crippen molar-refractivity contribution in [2.75, 3.05) is 11.4 Å². The van der Waals surface area contributed by atoms with Crippen LogP contribution in [-0.4, -0.2) is 16.9 Å². The minimum atomic E-state index is 0.0220. The number of carbonyl (C=O) groups excluding carboxylic acids is 1. The van der Waals surface area contributed by atoms with E-state index in [0.29, 0.717) is 13.0 Å². The lowest BCUT2D eigenvalue weighted by atomic mass is 10.1. The molecule has 0 saturated heterocycles. The zero-order valence-electron chi connectivity index (χ0n) is 21.4. The quantitative estimate of drug-likeness (QED) is 0.350. The Hall–Kier alpha value is -2.57. The maximum absolute atomic E-state index is 13.7. The Bertz CT molecular complexity index is 1480. The number of benzene rings is 2. The highest BCUT2D eigenvalue weighted by Crippen LogP contribution is 2.46. The Labute approximate surface area is 221 Å². The van der Waals surface area contributed by atoms with Crippen LogP contribution in [0.3, 0.4) is 0 Å². The number of thioether (sulfide) groups is 1. The summed E-state index contributed by atoms with van der Waals surface area (Å²) in [5, 5.41) is 1.02. The second kappa shape index (κ2) is 10.8. The molecule has 5 rings (SSSR count). The zero-order chi connectivity index (χ0) is 25.2. The largest absolute Gasteiger partial charge is 0.334 e. The van der Waals surface area contributed by atoms with Crippen molar-refractivity contribution in [2.24, 2.45) is 0 Å². The first-order chi connectivity index (χ1) is 17.5. The highest BCUT2D eigenvalue weighted by molar-refractivity contribution is 8.08. The van der Waals surface area contributed by atoms with Crippen molar-refractivity contribution in [3.8, 4) is 0 Å². The Balaban J connectivity index is 1.59. The van der Waals surface area contributed by atoms with Crippen molar-refractivity contribution in [1.82, 2.24) is 4.57 Å². The van der Waals surface area contributed by atoms with Crippen LogP contribution in [0.15, 0.2) is 52.2 Å². The van der Waals surface area contributed by atoms with Crippen LogP contribution in [0.4, 0.5) is 5.69 Å². The van der Waals surface area contributed by atoms with Gasteiger partial charge in [0.1, 0.15) is 14.2 Å². The molecule has 0 saturated carbocycles. The van der Waals surface area contributed by atoms with Gasteiger partial charge in [-0.3, -0.25) is 14.2 Å². The Morgan fingerprint density at radius 1 is 0.944 bits per heavy atom. The highest BCUT2D eigenvalue weighted by Gasteiger charge is 2.30. The number of carbonyl (C=O) groups is 1. The van der Waals surface area contributed by atoms with Crippen LogP contribution in [0.5, 0.6) is 0 Å². The molecule has 2 aromatic carbocycles. The van der Waals surface area contributed by atoms with Crippen LogP contribution in [-0.2, 0) is 13.0 Å². The van der Waals surface area contributed by atoms with E-state index in [9.17, 15) is 9.59 Å². The van der Waals surface area contributed by atoms with E-state index in [1.807, 2.05) is 35.8 Å². The minimum Gasteiger partial charge on any atom is -0.334 e. The van der Waals surface area contributed by atoms with E-state index in [-0.39, 0.29) is 11.3 Å². The lowest BCUT2D eigenvalue weighted by molar-refractivity contribution is 0.105. The van der Waals surface area contributed by atoms with E-state index >= 15 is 0 Å². The molecule has 1 aromatic heterocycles. The van der Waals surface area contributed by atoms with Gasteiger partial charge < -0.3 is 4.90 Å². The normalized spacial score (nSPS) is 17.6. The first-order valence-corrected chi connectivity index (χ1v) is 14.8. The molecule has 6 heteroatoms. The van der Waals surface area contributed by atoms with Gasteiger partial charge in [-0.05, 0) is 43.5 Å². The molecule has 0 atom stereocenters. The van der Waals surface area contributed by atoms with Crippen molar-refractivity contribution in [3.05, 3.63) is 78.7 Å². The molecule has 1 aliphatic carbocycles. The van der Waals surface area contributed by atoms with Crippen LogP contribution >= 0.6 is 23.1 Å². The van der Waals surface area contributed by atoms with Gasteiger partial charge in [-0.15, -0.1) is 11.3 Å². The molecule has 0 spiro atoms. The van der Waals surface area contributed by atoms with E-state index in [2.05, 4.69) is 36.9 Å². The average molecular weight is 519 g/mol. The van der Waals surface area contributed by atoms with Crippen LogP contribution in [0.1, 0.15) is 73.9 Å². The van der Waals surface area contributed by atoms with Gasteiger partial charge in [0.2, 0.25) is 0 Å². The topological polar surface area (TPSA) is 42.3 Å². The van der Waals surface area contributed by atoms with Crippen LogP contribution in [0.2, 0.25) is 0 Å². The van der Waals surface area contributed by atoms with Gasteiger partial charge in [0.05, 0.1) is 5.69 Å². The predicted octanol–water partition coefficient (Wildman–Crippen LogP) is 5.87. The van der Waals surface area contributed by atoms with E-state index in [0.717, 1.165) is 43.9 Å². The molecule has 188 valence electrons. The minimum absolute atomic E-state index is 0.0220. The van der Waals surface area contributed by atoms with Gasteiger partial charge in [0.25, 0.3) is 5.56 Å². The van der Waals surface area contributed by atoms with Gasteiger partial charge >= 0.3 is 0 Å². The van der Waals surface area contributed by atoms with Crippen LogP contribution < -0.4 is 19.7 Å². The van der Waals surface area contributed by atoms with Crippen molar-refractivity contribution >= 4 is 45.2 Å². The molecule has 0 N–H and O–H groups in total. The summed E-state index contributed by atoms with van der Waals surface area (Å²) in [6.07, 6.45) is 8.01. The van der Waals surface area contributed by atoms with Crippen LogP contribution in [0.25, 0.3) is 10.6 Å².